The van der Waals surface area contributed by atoms with Gasteiger partial charge in [0.1, 0.15) is 17.3 Å². The molecule has 2 rings (SSSR count). The summed E-state index contributed by atoms with van der Waals surface area (Å²) in [5, 5.41) is 0.538. The predicted octanol–water partition coefficient (Wildman–Crippen LogP) is 4.72. The van der Waals surface area contributed by atoms with E-state index in [0.29, 0.717) is 5.15 Å². The van der Waals surface area contributed by atoms with Crippen LogP contribution in [0.4, 0.5) is 11.5 Å². The molecule has 3 nitrogen and oxygen atoms in total. The number of nitrogens with zero attached hydrogens (tertiary/aromatic N) is 3. The lowest BCUT2D eigenvalue weighted by Crippen LogP contribution is -2.20. The largest absolute Gasteiger partial charge is 0.326 e. The number of aromatic nitrogens is 2. The maximum atomic E-state index is 6.27. The fourth-order valence-electron chi connectivity index (χ4n) is 2.33. The monoisotopic (exact) mass is 289 g/mol. The molecule has 1 aromatic carbocycles. The van der Waals surface area contributed by atoms with E-state index in [1.54, 1.807) is 0 Å². The van der Waals surface area contributed by atoms with Crippen molar-refractivity contribution in [3.05, 3.63) is 46.9 Å². The molecule has 0 bridgehead atoms. The number of halogens is 1. The van der Waals surface area contributed by atoms with Gasteiger partial charge in [-0.15, -0.1) is 0 Å². The summed E-state index contributed by atoms with van der Waals surface area (Å²) in [6, 6.07) is 8.40. The molecular formula is C16H20ClN3. The van der Waals surface area contributed by atoms with Crippen molar-refractivity contribution in [1.29, 1.82) is 0 Å². The van der Waals surface area contributed by atoms with Gasteiger partial charge in [0.2, 0.25) is 0 Å². The van der Waals surface area contributed by atoms with Gasteiger partial charge in [-0.05, 0) is 37.5 Å². The molecule has 0 fully saturated rings. The molecule has 4 heteroatoms. The van der Waals surface area contributed by atoms with Gasteiger partial charge in [0.05, 0.1) is 0 Å². The molecule has 0 radical (unpaired) electrons. The summed E-state index contributed by atoms with van der Waals surface area (Å²) in [5.41, 5.74) is 3.36. The maximum Gasteiger partial charge on any atom is 0.141 e. The number of aryl methyl sites for hydroxylation is 1. The summed E-state index contributed by atoms with van der Waals surface area (Å²) in [6.07, 6.45) is 1.53. The van der Waals surface area contributed by atoms with Crippen LogP contribution in [0.5, 0.6) is 0 Å². The van der Waals surface area contributed by atoms with E-state index in [4.69, 9.17) is 11.6 Å². The van der Waals surface area contributed by atoms with Crippen molar-refractivity contribution in [2.75, 3.05) is 11.4 Å². The molecule has 0 atom stereocenters. The third-order valence-corrected chi connectivity index (χ3v) is 3.58. The number of hydrogen-bond donors (Lipinski definition) is 0. The van der Waals surface area contributed by atoms with Gasteiger partial charge in [0.15, 0.2) is 0 Å². The van der Waals surface area contributed by atoms with Crippen LogP contribution in [0.3, 0.4) is 0 Å². The average Bonchev–Trinajstić information content (AvgIpc) is 2.39. The van der Waals surface area contributed by atoms with Gasteiger partial charge < -0.3 is 4.90 Å². The van der Waals surface area contributed by atoms with E-state index in [2.05, 4.69) is 66.8 Å². The Balaban J connectivity index is 2.55. The normalized spacial score (nSPS) is 10.9. The van der Waals surface area contributed by atoms with Crippen LogP contribution < -0.4 is 4.90 Å². The Morgan fingerprint density at radius 2 is 2.00 bits per heavy atom. The molecule has 2 aromatic rings. The first-order valence-electron chi connectivity index (χ1n) is 6.89. The van der Waals surface area contributed by atoms with Gasteiger partial charge in [0.25, 0.3) is 0 Å². The molecule has 0 amide bonds. The SMILES string of the molecule is CCN(c1cccc(C)c1)c1ncnc(Cl)c1C(C)C. The highest BCUT2D eigenvalue weighted by molar-refractivity contribution is 6.30. The molecule has 0 saturated heterocycles. The molecule has 20 heavy (non-hydrogen) atoms. The lowest BCUT2D eigenvalue weighted by atomic mass is 10.1. The van der Waals surface area contributed by atoms with Gasteiger partial charge >= 0.3 is 0 Å². The first-order valence-corrected chi connectivity index (χ1v) is 7.27. The second-order valence-corrected chi connectivity index (χ2v) is 5.50. The summed E-state index contributed by atoms with van der Waals surface area (Å²) in [5.74, 6) is 1.17. The first kappa shape index (κ1) is 14.8. The van der Waals surface area contributed by atoms with Crippen molar-refractivity contribution in [3.8, 4) is 0 Å². The summed E-state index contributed by atoms with van der Waals surface area (Å²) < 4.78 is 0. The molecule has 0 aliphatic carbocycles. The quantitative estimate of drug-likeness (QED) is 0.763. The fraction of sp³-hybridized carbons (Fsp3) is 0.375. The minimum atomic E-state index is 0.276. The van der Waals surface area contributed by atoms with E-state index in [1.165, 1.54) is 11.9 Å². The van der Waals surface area contributed by atoms with Crippen LogP contribution in [0.15, 0.2) is 30.6 Å². The van der Waals surface area contributed by atoms with Crippen molar-refractivity contribution >= 4 is 23.1 Å². The van der Waals surface area contributed by atoms with Crippen LogP contribution in [-0.2, 0) is 0 Å². The Morgan fingerprint density at radius 3 is 2.60 bits per heavy atom. The number of benzene rings is 1. The molecule has 0 aliphatic heterocycles. The predicted molar refractivity (Wildman–Crippen MR) is 85.0 cm³/mol. The topological polar surface area (TPSA) is 29.0 Å². The highest BCUT2D eigenvalue weighted by atomic mass is 35.5. The van der Waals surface area contributed by atoms with Gasteiger partial charge in [0, 0.05) is 17.8 Å². The van der Waals surface area contributed by atoms with Gasteiger partial charge in [-0.3, -0.25) is 0 Å². The third kappa shape index (κ3) is 2.93. The Labute approximate surface area is 125 Å². The standard InChI is InChI=1S/C16H20ClN3/c1-5-20(13-8-6-7-12(4)9-13)16-14(11(2)3)15(17)18-10-19-16/h6-11H,5H2,1-4H3. The van der Waals surface area contributed by atoms with E-state index >= 15 is 0 Å². The number of rotatable bonds is 4. The van der Waals surface area contributed by atoms with Crippen LogP contribution in [0.25, 0.3) is 0 Å². The molecule has 0 N–H and O–H groups in total. The highest BCUT2D eigenvalue weighted by Crippen LogP contribution is 2.34. The molecule has 0 aliphatic rings. The average molecular weight is 290 g/mol. The Morgan fingerprint density at radius 1 is 1.25 bits per heavy atom. The lowest BCUT2D eigenvalue weighted by molar-refractivity contribution is 0.829. The van der Waals surface area contributed by atoms with Crippen LogP contribution in [0, 0.1) is 6.92 Å². The van der Waals surface area contributed by atoms with Crippen LogP contribution in [-0.4, -0.2) is 16.5 Å². The summed E-state index contributed by atoms with van der Waals surface area (Å²) in [6.45, 7) is 9.25. The molecule has 0 saturated carbocycles. The summed E-state index contributed by atoms with van der Waals surface area (Å²) >= 11 is 6.27. The first-order chi connectivity index (χ1) is 9.54. The van der Waals surface area contributed by atoms with E-state index in [0.717, 1.165) is 23.6 Å². The zero-order valence-electron chi connectivity index (χ0n) is 12.4. The Hall–Kier alpha value is -1.61. The molecule has 0 unspecified atom stereocenters. The molecule has 0 spiro atoms. The zero-order valence-corrected chi connectivity index (χ0v) is 13.1. The van der Waals surface area contributed by atoms with Gasteiger partial charge in [-0.25, -0.2) is 9.97 Å². The number of hydrogen-bond acceptors (Lipinski definition) is 3. The maximum absolute atomic E-state index is 6.27. The van der Waals surface area contributed by atoms with E-state index in [-0.39, 0.29) is 5.92 Å². The van der Waals surface area contributed by atoms with Crippen molar-refractivity contribution in [3.63, 3.8) is 0 Å². The Kier molecular flexibility index (Phi) is 4.61. The highest BCUT2D eigenvalue weighted by Gasteiger charge is 2.19. The van der Waals surface area contributed by atoms with E-state index in [1.807, 2.05) is 0 Å². The second kappa shape index (κ2) is 6.23. The molecule has 1 heterocycles. The Bertz CT molecular complexity index is 596. The molecule has 1 aromatic heterocycles. The van der Waals surface area contributed by atoms with Crippen LogP contribution in [0.2, 0.25) is 5.15 Å². The second-order valence-electron chi connectivity index (χ2n) is 5.14. The third-order valence-electron chi connectivity index (χ3n) is 3.28. The van der Waals surface area contributed by atoms with Crippen molar-refractivity contribution in [2.24, 2.45) is 0 Å². The smallest absolute Gasteiger partial charge is 0.141 e. The van der Waals surface area contributed by atoms with E-state index < -0.39 is 0 Å². The summed E-state index contributed by atoms with van der Waals surface area (Å²) in [7, 11) is 0. The fourth-order valence-corrected chi connectivity index (χ4v) is 2.67. The van der Waals surface area contributed by atoms with Crippen LogP contribution >= 0.6 is 11.6 Å². The molecule has 106 valence electrons. The van der Waals surface area contributed by atoms with Gasteiger partial charge in [-0.2, -0.15) is 0 Å². The van der Waals surface area contributed by atoms with Crippen LogP contribution in [0.1, 0.15) is 37.8 Å². The zero-order chi connectivity index (χ0) is 14.7. The molecular weight excluding hydrogens is 270 g/mol. The van der Waals surface area contributed by atoms with Crippen molar-refractivity contribution in [1.82, 2.24) is 9.97 Å². The number of anilines is 2. The van der Waals surface area contributed by atoms with Crippen molar-refractivity contribution in [2.45, 2.75) is 33.6 Å². The minimum absolute atomic E-state index is 0.276. The summed E-state index contributed by atoms with van der Waals surface area (Å²) in [4.78, 5) is 10.8. The lowest BCUT2D eigenvalue weighted by Gasteiger charge is -2.26. The van der Waals surface area contributed by atoms with E-state index in [9.17, 15) is 0 Å². The minimum Gasteiger partial charge on any atom is -0.326 e. The van der Waals surface area contributed by atoms with Crippen molar-refractivity contribution < 1.29 is 0 Å². The van der Waals surface area contributed by atoms with Gasteiger partial charge in [-0.1, -0.05) is 37.6 Å².